The van der Waals surface area contributed by atoms with Gasteiger partial charge in [0.25, 0.3) is 0 Å². The molecule has 1 heterocycles. The van der Waals surface area contributed by atoms with Crippen molar-refractivity contribution in [3.8, 4) is 0 Å². The van der Waals surface area contributed by atoms with Crippen molar-refractivity contribution in [1.29, 1.82) is 0 Å². The van der Waals surface area contributed by atoms with Crippen molar-refractivity contribution in [2.24, 2.45) is 4.99 Å². The number of aliphatic imine (C=N–C) groups is 1. The third kappa shape index (κ3) is 6.06. The van der Waals surface area contributed by atoms with E-state index in [2.05, 4.69) is 44.1 Å². The molecular formula is C14H23N3O2S. The first-order chi connectivity index (χ1) is 9.67. The molecule has 1 rings (SSSR count). The van der Waals surface area contributed by atoms with Crippen molar-refractivity contribution < 1.29 is 9.53 Å². The maximum Gasteiger partial charge on any atom is 0.307 e. The molecule has 1 unspecified atom stereocenters. The first kappa shape index (κ1) is 16.5. The second-order valence-electron chi connectivity index (χ2n) is 4.43. The van der Waals surface area contributed by atoms with E-state index in [0.717, 1.165) is 12.5 Å². The highest BCUT2D eigenvalue weighted by Crippen LogP contribution is 2.18. The summed E-state index contributed by atoms with van der Waals surface area (Å²) in [5.41, 5.74) is 1.31. The zero-order chi connectivity index (χ0) is 14.8. The van der Waals surface area contributed by atoms with Gasteiger partial charge in [0.15, 0.2) is 5.96 Å². The number of guanidine groups is 1. The molecule has 0 aliphatic carbocycles. The molecule has 0 saturated carbocycles. The van der Waals surface area contributed by atoms with Gasteiger partial charge >= 0.3 is 5.97 Å². The normalized spacial score (nSPS) is 12.8. The van der Waals surface area contributed by atoms with Gasteiger partial charge in [-0.3, -0.25) is 9.79 Å². The predicted molar refractivity (Wildman–Crippen MR) is 83.3 cm³/mol. The monoisotopic (exact) mass is 297 g/mol. The van der Waals surface area contributed by atoms with Crippen LogP contribution in [0.3, 0.4) is 0 Å². The van der Waals surface area contributed by atoms with Crippen LogP contribution >= 0.6 is 11.3 Å². The number of rotatable bonds is 7. The molecule has 1 atom stereocenters. The van der Waals surface area contributed by atoms with Gasteiger partial charge in [-0.05, 0) is 29.3 Å². The second-order valence-corrected chi connectivity index (χ2v) is 5.21. The number of nitrogens with zero attached hydrogens (tertiary/aromatic N) is 1. The highest BCUT2D eigenvalue weighted by Gasteiger charge is 2.06. The van der Waals surface area contributed by atoms with E-state index in [1.807, 2.05) is 6.92 Å². The summed E-state index contributed by atoms with van der Waals surface area (Å²) in [6.45, 7) is 6.19. The molecule has 0 bridgehead atoms. The lowest BCUT2D eigenvalue weighted by molar-refractivity contribution is -0.140. The second kappa shape index (κ2) is 9.36. The number of carbonyl (C=O) groups is 1. The van der Waals surface area contributed by atoms with Crippen LogP contribution in [0.5, 0.6) is 0 Å². The minimum absolute atomic E-state index is 0.222. The minimum atomic E-state index is -0.222. The summed E-state index contributed by atoms with van der Waals surface area (Å²) >= 11 is 1.70. The summed E-state index contributed by atoms with van der Waals surface area (Å²) in [5.74, 6) is 0.899. The van der Waals surface area contributed by atoms with Crippen LogP contribution in [0.15, 0.2) is 21.8 Å². The first-order valence-corrected chi connectivity index (χ1v) is 7.72. The van der Waals surface area contributed by atoms with E-state index in [9.17, 15) is 4.79 Å². The number of hydrogen-bond acceptors (Lipinski definition) is 4. The van der Waals surface area contributed by atoms with Gasteiger partial charge in [0.2, 0.25) is 0 Å². The molecular weight excluding hydrogens is 274 g/mol. The van der Waals surface area contributed by atoms with Gasteiger partial charge in [0.1, 0.15) is 0 Å². The van der Waals surface area contributed by atoms with Crippen molar-refractivity contribution in [2.45, 2.75) is 26.2 Å². The van der Waals surface area contributed by atoms with Gasteiger partial charge in [-0.15, -0.1) is 0 Å². The van der Waals surface area contributed by atoms with Crippen LogP contribution < -0.4 is 10.6 Å². The zero-order valence-corrected chi connectivity index (χ0v) is 13.1. The van der Waals surface area contributed by atoms with E-state index in [4.69, 9.17) is 0 Å². The van der Waals surface area contributed by atoms with E-state index < -0.39 is 0 Å². The molecule has 5 nitrogen and oxygen atoms in total. The lowest BCUT2D eigenvalue weighted by atomic mass is 10.1. The Morgan fingerprint density at radius 1 is 1.50 bits per heavy atom. The number of thiophene rings is 1. The molecule has 0 spiro atoms. The fourth-order valence-corrected chi connectivity index (χ4v) is 2.40. The highest BCUT2D eigenvalue weighted by molar-refractivity contribution is 7.07. The number of carbonyl (C=O) groups excluding carboxylic acids is 1. The summed E-state index contributed by atoms with van der Waals surface area (Å²) in [6, 6.07) is 2.13. The zero-order valence-electron chi connectivity index (χ0n) is 12.3. The standard InChI is InChI=1S/C14H23N3O2S/c1-4-15-14(16-7-5-13(18)19-3)17-9-11(2)12-6-8-20-10-12/h6,8,10-11H,4-5,7,9H2,1-3H3,(H2,15,16,17). The molecule has 20 heavy (non-hydrogen) atoms. The molecule has 0 saturated heterocycles. The Morgan fingerprint density at radius 2 is 2.30 bits per heavy atom. The molecule has 0 radical (unpaired) electrons. The van der Waals surface area contributed by atoms with Crippen molar-refractivity contribution in [2.75, 3.05) is 26.7 Å². The predicted octanol–water partition coefficient (Wildman–Crippen LogP) is 1.97. The van der Waals surface area contributed by atoms with Gasteiger partial charge in [0, 0.05) is 25.6 Å². The van der Waals surface area contributed by atoms with Gasteiger partial charge in [-0.2, -0.15) is 11.3 Å². The van der Waals surface area contributed by atoms with Crippen LogP contribution in [0.2, 0.25) is 0 Å². The van der Waals surface area contributed by atoms with E-state index in [-0.39, 0.29) is 5.97 Å². The maximum absolute atomic E-state index is 11.1. The largest absolute Gasteiger partial charge is 0.469 e. The van der Waals surface area contributed by atoms with E-state index in [0.29, 0.717) is 25.4 Å². The third-order valence-corrected chi connectivity index (χ3v) is 3.53. The molecule has 0 aromatic carbocycles. The summed E-state index contributed by atoms with van der Waals surface area (Å²) in [4.78, 5) is 15.6. The fourth-order valence-electron chi connectivity index (χ4n) is 1.62. The highest BCUT2D eigenvalue weighted by atomic mass is 32.1. The molecule has 1 aromatic heterocycles. The molecule has 2 N–H and O–H groups in total. The average molecular weight is 297 g/mol. The van der Waals surface area contributed by atoms with E-state index >= 15 is 0 Å². The number of hydrogen-bond donors (Lipinski definition) is 2. The number of esters is 1. The van der Waals surface area contributed by atoms with Gasteiger partial charge in [0.05, 0.1) is 13.5 Å². The summed E-state index contributed by atoms with van der Waals surface area (Å²) in [6.07, 6.45) is 0.334. The molecule has 112 valence electrons. The average Bonchev–Trinajstić information content (AvgIpc) is 2.98. The van der Waals surface area contributed by atoms with Gasteiger partial charge < -0.3 is 15.4 Å². The molecule has 0 aliphatic heterocycles. The fraction of sp³-hybridized carbons (Fsp3) is 0.571. The molecule has 1 aromatic rings. The Morgan fingerprint density at radius 3 is 2.90 bits per heavy atom. The Labute approximate surface area is 124 Å². The topological polar surface area (TPSA) is 62.7 Å². The van der Waals surface area contributed by atoms with Crippen LogP contribution in [0, 0.1) is 0 Å². The lowest BCUT2D eigenvalue weighted by Crippen LogP contribution is -2.38. The minimum Gasteiger partial charge on any atom is -0.469 e. The number of nitrogens with one attached hydrogen (secondary N) is 2. The number of ether oxygens (including phenoxy) is 1. The Bertz CT molecular complexity index is 418. The molecule has 0 fully saturated rings. The summed E-state index contributed by atoms with van der Waals surface area (Å²) < 4.78 is 4.60. The molecule has 0 aliphatic rings. The Hall–Kier alpha value is -1.56. The SMILES string of the molecule is CCNC(=NCC(C)c1ccsc1)NCCC(=O)OC. The lowest BCUT2D eigenvalue weighted by Gasteiger charge is -2.12. The van der Waals surface area contributed by atoms with Crippen LogP contribution in [-0.2, 0) is 9.53 Å². The van der Waals surface area contributed by atoms with Crippen LogP contribution in [0.25, 0.3) is 0 Å². The number of methoxy groups -OCH3 is 1. The maximum atomic E-state index is 11.1. The van der Waals surface area contributed by atoms with Crippen molar-refractivity contribution in [3.05, 3.63) is 22.4 Å². The Balaban J connectivity index is 2.43. The summed E-state index contributed by atoms with van der Waals surface area (Å²) in [5, 5.41) is 10.5. The van der Waals surface area contributed by atoms with Crippen molar-refractivity contribution in [1.82, 2.24) is 10.6 Å². The van der Waals surface area contributed by atoms with Crippen LogP contribution in [0.4, 0.5) is 0 Å². The molecule has 0 amide bonds. The Kier molecular flexibility index (Phi) is 7.72. The summed E-state index contributed by atoms with van der Waals surface area (Å²) in [7, 11) is 1.39. The molecule has 6 heteroatoms. The first-order valence-electron chi connectivity index (χ1n) is 6.78. The van der Waals surface area contributed by atoms with Crippen molar-refractivity contribution in [3.63, 3.8) is 0 Å². The smallest absolute Gasteiger partial charge is 0.307 e. The van der Waals surface area contributed by atoms with Gasteiger partial charge in [-0.1, -0.05) is 6.92 Å². The quantitative estimate of drug-likeness (QED) is 0.459. The van der Waals surface area contributed by atoms with Crippen LogP contribution in [-0.4, -0.2) is 38.7 Å². The van der Waals surface area contributed by atoms with Crippen LogP contribution in [0.1, 0.15) is 31.7 Å². The van der Waals surface area contributed by atoms with Crippen molar-refractivity contribution >= 4 is 23.3 Å². The van der Waals surface area contributed by atoms with E-state index in [1.165, 1.54) is 12.7 Å². The van der Waals surface area contributed by atoms with E-state index in [1.54, 1.807) is 11.3 Å². The third-order valence-electron chi connectivity index (χ3n) is 2.83. The van der Waals surface area contributed by atoms with Gasteiger partial charge in [-0.25, -0.2) is 0 Å².